The molecule has 1 N–H and O–H groups in total. The van der Waals surface area contributed by atoms with Crippen LogP contribution in [0.1, 0.15) is 30.1 Å². The van der Waals surface area contributed by atoms with Crippen LogP contribution in [0.2, 0.25) is 0 Å². The van der Waals surface area contributed by atoms with Gasteiger partial charge >= 0.3 is 0 Å². The van der Waals surface area contributed by atoms with Crippen LogP contribution in [0.5, 0.6) is 0 Å². The van der Waals surface area contributed by atoms with Crippen molar-refractivity contribution in [2.75, 3.05) is 43.6 Å². The Morgan fingerprint density at radius 3 is 2.33 bits per heavy atom. The van der Waals surface area contributed by atoms with Crippen molar-refractivity contribution in [3.8, 4) is 0 Å². The Hall–Kier alpha value is -2.91. The molecule has 1 aliphatic heterocycles. The van der Waals surface area contributed by atoms with Crippen molar-refractivity contribution in [1.82, 2.24) is 15.1 Å². The lowest BCUT2D eigenvalue weighted by Gasteiger charge is -2.34. The van der Waals surface area contributed by atoms with Gasteiger partial charge in [-0.25, -0.2) is 8.42 Å². The van der Waals surface area contributed by atoms with E-state index >= 15 is 0 Å². The average Bonchev–Trinajstić information content (AvgIpc) is 3.64. The molecule has 1 saturated heterocycles. The number of rotatable bonds is 8. The van der Waals surface area contributed by atoms with Gasteiger partial charge in [0, 0.05) is 44.3 Å². The summed E-state index contributed by atoms with van der Waals surface area (Å²) < 4.78 is 27.9. The maximum Gasteiger partial charge on any atom is 0.264 e. The largest absolute Gasteiger partial charge is 0.352 e. The fraction of sp³-hybridized carbons (Fsp3) is 0.417. The van der Waals surface area contributed by atoms with Crippen LogP contribution in [0.15, 0.2) is 59.5 Å². The van der Waals surface area contributed by atoms with E-state index in [-0.39, 0.29) is 23.3 Å². The first kappa shape index (κ1) is 23.3. The molecule has 2 aromatic rings. The Kier molecular flexibility index (Phi) is 6.99. The first-order valence-electron chi connectivity index (χ1n) is 11.4. The van der Waals surface area contributed by atoms with Crippen molar-refractivity contribution in [2.24, 2.45) is 0 Å². The minimum absolute atomic E-state index is 0.0362. The predicted molar refractivity (Wildman–Crippen MR) is 127 cm³/mol. The summed E-state index contributed by atoms with van der Waals surface area (Å²) in [6.45, 7) is 4.62. The fourth-order valence-corrected chi connectivity index (χ4v) is 5.52. The van der Waals surface area contributed by atoms with Crippen LogP contribution in [-0.2, 0) is 14.8 Å². The molecule has 4 rings (SSSR count). The maximum absolute atomic E-state index is 13.3. The number of benzene rings is 2. The van der Waals surface area contributed by atoms with Gasteiger partial charge in [0.1, 0.15) is 0 Å². The highest BCUT2D eigenvalue weighted by Gasteiger charge is 2.28. The molecule has 0 bridgehead atoms. The summed E-state index contributed by atoms with van der Waals surface area (Å²) in [6, 6.07) is 15.5. The van der Waals surface area contributed by atoms with E-state index in [1.807, 2.05) is 11.0 Å². The first-order valence-corrected chi connectivity index (χ1v) is 12.8. The summed E-state index contributed by atoms with van der Waals surface area (Å²) in [5.41, 5.74) is 0.929. The Bertz CT molecular complexity index is 1090. The standard InChI is InChI=1S/C24H30N4O4S/c1-2-28(21-8-4-3-5-9-21)33(31,32)22-10-6-7-19(17-22)24(30)27-15-13-26(14-16-27)18-23(29)25-20-11-12-20/h3-10,17,20H,2,11-16,18H2,1H3,(H,25,29). The second-order valence-corrected chi connectivity index (χ2v) is 10.3. The van der Waals surface area contributed by atoms with Crippen LogP contribution in [0.3, 0.4) is 0 Å². The van der Waals surface area contributed by atoms with Gasteiger partial charge in [-0.05, 0) is 50.1 Å². The van der Waals surface area contributed by atoms with Gasteiger partial charge in [0.2, 0.25) is 5.91 Å². The number of hydrogen-bond acceptors (Lipinski definition) is 5. The van der Waals surface area contributed by atoms with Gasteiger partial charge in [-0.15, -0.1) is 0 Å². The third kappa shape index (κ3) is 5.54. The van der Waals surface area contributed by atoms with Crippen molar-refractivity contribution >= 4 is 27.5 Å². The molecule has 1 heterocycles. The molecule has 176 valence electrons. The van der Waals surface area contributed by atoms with Gasteiger partial charge in [0.15, 0.2) is 0 Å². The van der Waals surface area contributed by atoms with E-state index in [2.05, 4.69) is 5.32 Å². The Balaban J connectivity index is 1.42. The van der Waals surface area contributed by atoms with Gasteiger partial charge in [-0.2, -0.15) is 0 Å². The third-order valence-corrected chi connectivity index (χ3v) is 7.87. The summed E-state index contributed by atoms with van der Waals surface area (Å²) in [7, 11) is -3.81. The highest BCUT2D eigenvalue weighted by molar-refractivity contribution is 7.92. The number of hydrogen-bond donors (Lipinski definition) is 1. The molecule has 2 aromatic carbocycles. The molecule has 9 heteroatoms. The van der Waals surface area contributed by atoms with Crippen LogP contribution in [0, 0.1) is 0 Å². The summed E-state index contributed by atoms with van der Waals surface area (Å²) >= 11 is 0. The topological polar surface area (TPSA) is 90.0 Å². The summed E-state index contributed by atoms with van der Waals surface area (Å²) in [4.78, 5) is 29.0. The molecule has 2 fully saturated rings. The minimum Gasteiger partial charge on any atom is -0.352 e. The number of piperazine rings is 1. The zero-order chi connectivity index (χ0) is 23.4. The smallest absolute Gasteiger partial charge is 0.264 e. The summed E-state index contributed by atoms with van der Waals surface area (Å²) in [5.74, 6) is -0.161. The number of amides is 2. The van der Waals surface area contributed by atoms with E-state index in [4.69, 9.17) is 0 Å². The molecular weight excluding hydrogens is 440 g/mol. The summed E-state index contributed by atoms with van der Waals surface area (Å²) in [5, 5.41) is 2.98. The van der Waals surface area contributed by atoms with E-state index < -0.39 is 10.0 Å². The molecule has 33 heavy (non-hydrogen) atoms. The second kappa shape index (κ2) is 9.93. The van der Waals surface area contributed by atoms with Gasteiger partial charge < -0.3 is 10.2 Å². The van der Waals surface area contributed by atoms with Crippen LogP contribution in [0.25, 0.3) is 0 Å². The van der Waals surface area contributed by atoms with Crippen LogP contribution >= 0.6 is 0 Å². The zero-order valence-corrected chi connectivity index (χ0v) is 19.6. The number of carbonyl (C=O) groups excluding carboxylic acids is 2. The molecule has 8 nitrogen and oxygen atoms in total. The minimum atomic E-state index is -3.81. The Morgan fingerprint density at radius 2 is 1.70 bits per heavy atom. The number of para-hydroxylation sites is 1. The third-order valence-electron chi connectivity index (χ3n) is 5.97. The predicted octanol–water partition coefficient (Wildman–Crippen LogP) is 1.94. The van der Waals surface area contributed by atoms with Crippen LogP contribution in [0.4, 0.5) is 5.69 Å². The van der Waals surface area contributed by atoms with E-state index in [1.165, 1.54) is 16.4 Å². The zero-order valence-electron chi connectivity index (χ0n) is 18.8. The molecule has 0 radical (unpaired) electrons. The maximum atomic E-state index is 13.3. The van der Waals surface area contributed by atoms with Crippen molar-refractivity contribution in [3.63, 3.8) is 0 Å². The molecule has 2 aliphatic rings. The molecule has 2 amide bonds. The van der Waals surface area contributed by atoms with Crippen LogP contribution in [-0.4, -0.2) is 75.3 Å². The number of nitrogens with zero attached hydrogens (tertiary/aromatic N) is 3. The molecule has 0 spiro atoms. The lowest BCUT2D eigenvalue weighted by atomic mass is 10.2. The highest BCUT2D eigenvalue weighted by atomic mass is 32.2. The van der Waals surface area contributed by atoms with Gasteiger partial charge in [0.05, 0.1) is 17.1 Å². The van der Waals surface area contributed by atoms with Gasteiger partial charge in [0.25, 0.3) is 15.9 Å². The van der Waals surface area contributed by atoms with Gasteiger partial charge in [-0.1, -0.05) is 24.3 Å². The second-order valence-electron chi connectivity index (χ2n) is 8.44. The lowest BCUT2D eigenvalue weighted by molar-refractivity contribution is -0.122. The van der Waals surface area contributed by atoms with E-state index in [1.54, 1.807) is 48.2 Å². The first-order chi connectivity index (χ1) is 15.9. The molecule has 0 unspecified atom stereocenters. The van der Waals surface area contributed by atoms with Crippen molar-refractivity contribution in [2.45, 2.75) is 30.7 Å². The highest BCUT2D eigenvalue weighted by Crippen LogP contribution is 2.24. The number of sulfonamides is 1. The molecule has 0 aromatic heterocycles. The Labute approximate surface area is 195 Å². The Morgan fingerprint density at radius 1 is 1.00 bits per heavy atom. The summed E-state index contributed by atoms with van der Waals surface area (Å²) in [6.07, 6.45) is 2.12. The van der Waals surface area contributed by atoms with Crippen LogP contribution < -0.4 is 9.62 Å². The normalized spacial score (nSPS) is 16.9. The SMILES string of the molecule is CCN(c1ccccc1)S(=O)(=O)c1cccc(C(=O)N2CCN(CC(=O)NC3CC3)CC2)c1. The van der Waals surface area contributed by atoms with E-state index in [0.29, 0.717) is 50.0 Å². The average molecular weight is 471 g/mol. The molecule has 1 aliphatic carbocycles. The molecule has 0 atom stereocenters. The number of anilines is 1. The van der Waals surface area contributed by atoms with E-state index in [0.717, 1.165) is 12.8 Å². The van der Waals surface area contributed by atoms with Gasteiger partial charge in [-0.3, -0.25) is 18.8 Å². The van der Waals surface area contributed by atoms with Crippen molar-refractivity contribution < 1.29 is 18.0 Å². The lowest BCUT2D eigenvalue weighted by Crippen LogP contribution is -2.51. The molecule has 1 saturated carbocycles. The fourth-order valence-electron chi connectivity index (χ4n) is 4.00. The molecular formula is C24H30N4O4S. The van der Waals surface area contributed by atoms with E-state index in [9.17, 15) is 18.0 Å². The quantitative estimate of drug-likeness (QED) is 0.637. The number of nitrogens with one attached hydrogen (secondary N) is 1. The number of carbonyl (C=O) groups is 2. The van der Waals surface area contributed by atoms with Crippen molar-refractivity contribution in [1.29, 1.82) is 0 Å². The monoisotopic (exact) mass is 470 g/mol. The van der Waals surface area contributed by atoms with Crippen molar-refractivity contribution in [3.05, 3.63) is 60.2 Å².